The molecule has 10 nitrogen and oxygen atoms in total. The van der Waals surface area contributed by atoms with Crippen molar-refractivity contribution in [2.24, 2.45) is 44.8 Å². The summed E-state index contributed by atoms with van der Waals surface area (Å²) in [5, 5.41) is 30.9. The molecule has 0 amide bonds. The molecule has 17 atom stereocenters. The van der Waals surface area contributed by atoms with Gasteiger partial charge in [0.05, 0.1) is 25.4 Å². The van der Waals surface area contributed by atoms with Gasteiger partial charge in [-0.3, -0.25) is 4.79 Å². The molecule has 5 aliphatic carbocycles. The number of hydrogen-bond donors (Lipinski definition) is 3. The quantitative estimate of drug-likeness (QED) is 0.234. The van der Waals surface area contributed by atoms with Gasteiger partial charge in [0.2, 0.25) is 0 Å². The summed E-state index contributed by atoms with van der Waals surface area (Å²) in [5.74, 6) is -0.0424. The molecule has 4 heterocycles. The lowest BCUT2D eigenvalue weighted by atomic mass is 9.44. The first-order valence-electron chi connectivity index (χ1n) is 18.2. The monoisotopic (exact) mass is 658 g/mol. The normalized spacial score (nSPS) is 61.1. The summed E-state index contributed by atoms with van der Waals surface area (Å²) >= 11 is 0. The minimum Gasteiger partial charge on any atom is -0.462 e. The zero-order chi connectivity index (χ0) is 33.3. The van der Waals surface area contributed by atoms with Gasteiger partial charge in [-0.15, -0.1) is 0 Å². The molecular formula is C37H54O10. The Kier molecular flexibility index (Phi) is 6.37. The van der Waals surface area contributed by atoms with Crippen molar-refractivity contribution < 1.29 is 48.5 Å². The SMILES string of the molecule is CC(=O)O[C@H]1CC23C[C@@]24CC[C@@H](O[C@@H]2OC[C@@H](O)[C@H](O)[C@H]2O)C(C)(C)[C@@H]4CC=C3[C@]2(C)C[C@@H]3O[C@]4(C[C@@H](C)[C@@H]3[C@@]12C)OC[C@@]1(C)O[C@@H]41. The Morgan fingerprint density at radius 1 is 1.00 bits per heavy atom. The fraction of sp³-hybridized carbons (Fsp3) is 0.919. The third kappa shape index (κ3) is 3.73. The zero-order valence-corrected chi connectivity index (χ0v) is 29.0. The van der Waals surface area contributed by atoms with Crippen molar-refractivity contribution in [3.8, 4) is 0 Å². The second-order valence-electron chi connectivity index (χ2n) is 18.5. The van der Waals surface area contributed by atoms with E-state index in [1.807, 2.05) is 0 Å². The van der Waals surface area contributed by atoms with E-state index < -0.39 is 30.4 Å². The second kappa shape index (κ2) is 9.40. The van der Waals surface area contributed by atoms with E-state index >= 15 is 0 Å². The van der Waals surface area contributed by atoms with E-state index in [4.69, 9.17) is 28.4 Å². The van der Waals surface area contributed by atoms with Gasteiger partial charge in [0.15, 0.2) is 12.1 Å². The summed E-state index contributed by atoms with van der Waals surface area (Å²) in [4.78, 5) is 12.9. The van der Waals surface area contributed by atoms with Crippen LogP contribution >= 0.6 is 0 Å². The number of ether oxygens (including phenoxy) is 6. The van der Waals surface area contributed by atoms with Gasteiger partial charge < -0.3 is 43.7 Å². The number of allylic oxidation sites excluding steroid dienone is 2. The fourth-order valence-electron chi connectivity index (χ4n) is 13.7. The smallest absolute Gasteiger partial charge is 0.302 e. The van der Waals surface area contributed by atoms with Gasteiger partial charge in [-0.2, -0.15) is 0 Å². The lowest BCUT2D eigenvalue weighted by Gasteiger charge is -2.62. The maximum atomic E-state index is 12.9. The first-order chi connectivity index (χ1) is 22.0. The topological polar surface area (TPSA) is 136 Å². The Bertz CT molecular complexity index is 1410. The molecule has 1 unspecified atom stereocenters. The van der Waals surface area contributed by atoms with E-state index in [0.717, 1.165) is 44.9 Å². The minimum atomic E-state index is -1.31. The summed E-state index contributed by atoms with van der Waals surface area (Å²) in [5.41, 5.74) is 0.598. The van der Waals surface area contributed by atoms with E-state index in [0.29, 0.717) is 18.4 Å². The van der Waals surface area contributed by atoms with Crippen LogP contribution in [0.5, 0.6) is 0 Å². The fourth-order valence-corrected chi connectivity index (χ4v) is 13.7. The van der Waals surface area contributed by atoms with Crippen LogP contribution in [0.3, 0.4) is 0 Å². The Labute approximate surface area is 277 Å². The summed E-state index contributed by atoms with van der Waals surface area (Å²) in [7, 11) is 0. The Morgan fingerprint density at radius 2 is 1.77 bits per heavy atom. The average molecular weight is 659 g/mol. The molecular weight excluding hydrogens is 604 g/mol. The number of esters is 1. The Balaban J connectivity index is 1.06. The lowest BCUT2D eigenvalue weighted by molar-refractivity contribution is -0.307. The van der Waals surface area contributed by atoms with E-state index in [1.54, 1.807) is 12.5 Å². The number of carbonyl (C=O) groups is 1. The van der Waals surface area contributed by atoms with E-state index in [9.17, 15) is 20.1 Å². The molecule has 0 radical (unpaired) electrons. The van der Waals surface area contributed by atoms with Crippen molar-refractivity contribution in [2.45, 2.75) is 154 Å². The molecule has 9 aliphatic rings. The molecule has 9 rings (SSSR count). The zero-order valence-electron chi connectivity index (χ0n) is 29.0. The van der Waals surface area contributed by atoms with Gasteiger partial charge in [-0.05, 0) is 74.0 Å². The van der Waals surface area contributed by atoms with E-state index in [1.165, 1.54) is 0 Å². The molecule has 8 fully saturated rings. The maximum absolute atomic E-state index is 12.9. The van der Waals surface area contributed by atoms with Crippen LogP contribution in [0.1, 0.15) is 93.4 Å². The van der Waals surface area contributed by atoms with Crippen molar-refractivity contribution in [1.29, 1.82) is 0 Å². The molecule has 0 aromatic rings. The highest BCUT2D eigenvalue weighted by Gasteiger charge is 2.85. The van der Waals surface area contributed by atoms with Crippen LogP contribution in [0.15, 0.2) is 11.6 Å². The van der Waals surface area contributed by atoms with Crippen LogP contribution in [-0.2, 0) is 33.2 Å². The molecule has 4 saturated heterocycles. The maximum Gasteiger partial charge on any atom is 0.302 e. The van der Waals surface area contributed by atoms with Crippen LogP contribution in [0.2, 0.25) is 0 Å². The van der Waals surface area contributed by atoms with Crippen molar-refractivity contribution in [3.63, 3.8) is 0 Å². The van der Waals surface area contributed by atoms with Crippen molar-refractivity contribution in [1.82, 2.24) is 0 Å². The van der Waals surface area contributed by atoms with E-state index in [2.05, 4.69) is 47.6 Å². The lowest BCUT2D eigenvalue weighted by Crippen LogP contribution is -2.61. The number of hydrogen-bond acceptors (Lipinski definition) is 10. The number of epoxide rings is 1. The Morgan fingerprint density at radius 3 is 2.45 bits per heavy atom. The van der Waals surface area contributed by atoms with Gasteiger partial charge in [0.25, 0.3) is 0 Å². The molecule has 0 aromatic carbocycles. The van der Waals surface area contributed by atoms with Gasteiger partial charge in [-0.25, -0.2) is 0 Å². The summed E-state index contributed by atoms with van der Waals surface area (Å²) in [6.45, 7) is 15.9. The molecule has 10 heteroatoms. The van der Waals surface area contributed by atoms with Gasteiger partial charge in [-0.1, -0.05) is 46.3 Å². The first kappa shape index (κ1) is 31.8. The molecule has 4 saturated carbocycles. The van der Waals surface area contributed by atoms with Gasteiger partial charge >= 0.3 is 5.97 Å². The standard InChI is InChI=1S/C37H54O10/c1-18-12-37(30-33(6,47-30)17-43-37)46-21-13-32(5)23-9-8-22-31(3,4)24(45-29-28(41)27(40)20(39)15-42-29)10-11-35(22)16-36(23,35)14-25(44-19(2)38)34(32,7)26(18)21/h9,18,20-22,24-30,39-41H,8,10-17H2,1-7H3/t18-,20-,21+,22+,24-,25+,26+,27+,28-,29+,30-,32+,33-,34-,35-,36?,37+/m1/s1. The average Bonchev–Trinajstić information content (AvgIpc) is 3.81. The summed E-state index contributed by atoms with van der Waals surface area (Å²) in [6.07, 6.45) is 3.70. The molecule has 3 N–H and O–H groups in total. The molecule has 4 aliphatic heterocycles. The van der Waals surface area contributed by atoms with E-state index in [-0.39, 0.29) is 75.6 Å². The number of fused-ring (bicyclic) bond motifs is 6. The Hall–Kier alpha value is -1.11. The molecule has 3 spiro atoms. The summed E-state index contributed by atoms with van der Waals surface area (Å²) < 4.78 is 38.3. The molecule has 0 bridgehead atoms. The van der Waals surface area contributed by atoms with Crippen LogP contribution in [0.25, 0.3) is 0 Å². The predicted molar refractivity (Wildman–Crippen MR) is 166 cm³/mol. The highest BCUT2D eigenvalue weighted by Crippen LogP contribution is 2.88. The largest absolute Gasteiger partial charge is 0.462 e. The third-order valence-corrected chi connectivity index (χ3v) is 16.0. The van der Waals surface area contributed by atoms with Gasteiger partial charge in [0.1, 0.15) is 36.1 Å². The molecule has 0 aromatic heterocycles. The molecule has 47 heavy (non-hydrogen) atoms. The van der Waals surface area contributed by atoms with Crippen LogP contribution in [0.4, 0.5) is 0 Å². The first-order valence-corrected chi connectivity index (χ1v) is 18.2. The van der Waals surface area contributed by atoms with Crippen molar-refractivity contribution >= 4 is 5.97 Å². The third-order valence-electron chi connectivity index (χ3n) is 16.0. The van der Waals surface area contributed by atoms with Crippen LogP contribution < -0.4 is 0 Å². The molecule has 262 valence electrons. The van der Waals surface area contributed by atoms with Crippen LogP contribution in [0, 0.1) is 44.8 Å². The highest BCUT2D eigenvalue weighted by atomic mass is 16.8. The van der Waals surface area contributed by atoms with Gasteiger partial charge in [0, 0.05) is 29.6 Å². The number of rotatable bonds is 3. The number of aliphatic hydroxyl groups excluding tert-OH is 3. The number of aliphatic hydroxyl groups is 3. The van der Waals surface area contributed by atoms with Crippen molar-refractivity contribution in [2.75, 3.05) is 13.2 Å². The predicted octanol–water partition coefficient (Wildman–Crippen LogP) is 3.63. The second-order valence-corrected chi connectivity index (χ2v) is 18.5. The van der Waals surface area contributed by atoms with Crippen molar-refractivity contribution in [3.05, 3.63) is 11.6 Å². The van der Waals surface area contributed by atoms with Crippen LogP contribution in [-0.4, -0.2) is 94.9 Å². The summed E-state index contributed by atoms with van der Waals surface area (Å²) in [6, 6.07) is 0. The highest BCUT2D eigenvalue weighted by molar-refractivity contribution is 5.66. The minimum absolute atomic E-state index is 0.0156. The number of carbonyl (C=O) groups excluding carboxylic acids is 1.